The Hall–Kier alpha value is -2.52. The molecule has 9 heteroatoms. The minimum atomic E-state index is -0.976. The Kier molecular flexibility index (Phi) is 8.15. The summed E-state index contributed by atoms with van der Waals surface area (Å²) in [5.41, 5.74) is 0.153. The molecule has 0 unspecified atom stereocenters. The van der Waals surface area contributed by atoms with E-state index in [0.29, 0.717) is 6.42 Å². The van der Waals surface area contributed by atoms with Crippen molar-refractivity contribution >= 4 is 23.3 Å². The lowest BCUT2D eigenvalue weighted by atomic mass is 10.2. The van der Waals surface area contributed by atoms with Crippen LogP contribution >= 0.6 is 0 Å². The van der Waals surface area contributed by atoms with Crippen LogP contribution in [0.15, 0.2) is 24.3 Å². The van der Waals surface area contributed by atoms with E-state index >= 15 is 0 Å². The third-order valence-corrected chi connectivity index (χ3v) is 4.21. The van der Waals surface area contributed by atoms with Crippen molar-refractivity contribution in [2.24, 2.45) is 0 Å². The molecule has 0 saturated carbocycles. The van der Waals surface area contributed by atoms with E-state index in [1.54, 1.807) is 0 Å². The average molecular weight is 379 g/mol. The largest absolute Gasteiger partial charge is 0.453 e. The molecule has 1 atom stereocenters. The van der Waals surface area contributed by atoms with Gasteiger partial charge in [-0.05, 0) is 32.4 Å². The zero-order chi connectivity index (χ0) is 19.6. The number of morpholine rings is 1. The van der Waals surface area contributed by atoms with E-state index in [9.17, 15) is 19.7 Å². The standard InChI is InChI=1S/C18H25N3O6/c1-14(18(23)19-15-5-4-6-16(13-15)21(24)25)27-17(22)7-2-3-8-20-9-11-26-12-10-20/h4-6,13-14H,2-3,7-12H2,1H3,(H,19,23)/t14-/m1/s1. The molecule has 0 bridgehead atoms. The van der Waals surface area contributed by atoms with Gasteiger partial charge in [-0.25, -0.2) is 0 Å². The summed E-state index contributed by atoms with van der Waals surface area (Å²) in [6.07, 6.45) is 0.841. The summed E-state index contributed by atoms with van der Waals surface area (Å²) in [6, 6.07) is 5.58. The number of nitro groups is 1. The minimum absolute atomic E-state index is 0.127. The van der Waals surface area contributed by atoms with Crippen LogP contribution in [0.5, 0.6) is 0 Å². The van der Waals surface area contributed by atoms with Gasteiger partial charge in [0.15, 0.2) is 6.10 Å². The van der Waals surface area contributed by atoms with Crippen LogP contribution in [0.1, 0.15) is 26.2 Å². The third kappa shape index (κ3) is 7.32. The average Bonchev–Trinajstić information content (AvgIpc) is 2.66. The number of benzene rings is 1. The molecule has 1 amide bonds. The molecule has 0 aromatic heterocycles. The summed E-state index contributed by atoms with van der Waals surface area (Å²) in [5, 5.41) is 13.3. The molecule has 1 heterocycles. The van der Waals surface area contributed by atoms with Crippen LogP contribution in [0, 0.1) is 10.1 Å². The van der Waals surface area contributed by atoms with Crippen LogP contribution in [-0.4, -0.2) is 60.7 Å². The number of anilines is 1. The summed E-state index contributed by atoms with van der Waals surface area (Å²) in [4.78, 5) is 36.5. The third-order valence-electron chi connectivity index (χ3n) is 4.21. The fourth-order valence-corrected chi connectivity index (χ4v) is 2.68. The Morgan fingerprint density at radius 1 is 1.33 bits per heavy atom. The maximum Gasteiger partial charge on any atom is 0.306 e. The summed E-state index contributed by atoms with van der Waals surface area (Å²) in [6.45, 7) is 5.72. The molecular weight excluding hydrogens is 354 g/mol. The molecule has 0 radical (unpaired) electrons. The van der Waals surface area contributed by atoms with Crippen molar-refractivity contribution in [3.8, 4) is 0 Å². The zero-order valence-corrected chi connectivity index (χ0v) is 15.4. The SMILES string of the molecule is C[C@@H](OC(=O)CCCCN1CCOCC1)C(=O)Nc1cccc([N+](=O)[O-])c1. The number of nitro benzene ring substituents is 1. The summed E-state index contributed by atoms with van der Waals surface area (Å²) in [5.74, 6) is -0.962. The Balaban J connectivity index is 1.67. The Morgan fingerprint density at radius 2 is 2.07 bits per heavy atom. The molecule has 0 spiro atoms. The first-order valence-electron chi connectivity index (χ1n) is 9.00. The number of unbranched alkanes of at least 4 members (excludes halogenated alkanes) is 1. The predicted octanol–water partition coefficient (Wildman–Crippen LogP) is 1.97. The quantitative estimate of drug-likeness (QED) is 0.302. The highest BCUT2D eigenvalue weighted by atomic mass is 16.6. The van der Waals surface area contributed by atoms with Crippen molar-refractivity contribution in [1.82, 2.24) is 4.90 Å². The molecule has 1 saturated heterocycles. The summed E-state index contributed by atoms with van der Waals surface area (Å²) >= 11 is 0. The number of hydrogen-bond acceptors (Lipinski definition) is 7. The number of hydrogen-bond donors (Lipinski definition) is 1. The Bertz CT molecular complexity index is 660. The van der Waals surface area contributed by atoms with Crippen molar-refractivity contribution in [2.45, 2.75) is 32.3 Å². The lowest BCUT2D eigenvalue weighted by Gasteiger charge is -2.26. The minimum Gasteiger partial charge on any atom is -0.453 e. The summed E-state index contributed by atoms with van der Waals surface area (Å²) < 4.78 is 10.4. The van der Waals surface area contributed by atoms with Gasteiger partial charge in [0.05, 0.1) is 18.1 Å². The topological polar surface area (TPSA) is 111 Å². The number of non-ortho nitro benzene ring substituents is 1. The van der Waals surface area contributed by atoms with Gasteiger partial charge in [0, 0.05) is 37.3 Å². The molecule has 1 aliphatic heterocycles. The zero-order valence-electron chi connectivity index (χ0n) is 15.4. The van der Waals surface area contributed by atoms with Crippen LogP contribution in [0.25, 0.3) is 0 Å². The highest BCUT2D eigenvalue weighted by molar-refractivity contribution is 5.95. The van der Waals surface area contributed by atoms with Gasteiger partial charge in [0.2, 0.25) is 0 Å². The van der Waals surface area contributed by atoms with Crippen LogP contribution in [0.4, 0.5) is 11.4 Å². The number of amides is 1. The number of esters is 1. The number of ether oxygens (including phenoxy) is 2. The van der Waals surface area contributed by atoms with Gasteiger partial charge < -0.3 is 14.8 Å². The fraction of sp³-hybridized carbons (Fsp3) is 0.556. The maximum absolute atomic E-state index is 12.1. The van der Waals surface area contributed by atoms with Crippen molar-refractivity contribution < 1.29 is 24.0 Å². The lowest BCUT2D eigenvalue weighted by molar-refractivity contribution is -0.384. The molecule has 0 aliphatic carbocycles. The number of carbonyl (C=O) groups is 2. The first-order chi connectivity index (χ1) is 13.0. The molecule has 1 aliphatic rings. The van der Waals surface area contributed by atoms with Gasteiger partial charge in [-0.3, -0.25) is 24.6 Å². The second-order valence-electron chi connectivity index (χ2n) is 6.34. The fourth-order valence-electron chi connectivity index (χ4n) is 2.68. The van der Waals surface area contributed by atoms with Crippen LogP contribution in [0.3, 0.4) is 0 Å². The molecule has 148 valence electrons. The lowest BCUT2D eigenvalue weighted by Crippen LogP contribution is -2.36. The van der Waals surface area contributed by atoms with Crippen molar-refractivity contribution in [1.29, 1.82) is 0 Å². The molecule has 2 rings (SSSR count). The first kappa shape index (κ1) is 20.8. The van der Waals surface area contributed by atoms with E-state index in [1.807, 2.05) is 0 Å². The Labute approximate surface area is 157 Å². The highest BCUT2D eigenvalue weighted by Crippen LogP contribution is 2.17. The molecular formula is C18H25N3O6. The second-order valence-corrected chi connectivity index (χ2v) is 6.34. The number of nitrogens with one attached hydrogen (secondary N) is 1. The molecule has 9 nitrogen and oxygen atoms in total. The monoisotopic (exact) mass is 379 g/mol. The van der Waals surface area contributed by atoms with E-state index in [2.05, 4.69) is 10.2 Å². The second kappa shape index (κ2) is 10.6. The van der Waals surface area contributed by atoms with Crippen molar-refractivity contribution in [3.63, 3.8) is 0 Å². The normalized spacial score (nSPS) is 15.7. The van der Waals surface area contributed by atoms with Gasteiger partial charge in [-0.2, -0.15) is 0 Å². The van der Waals surface area contributed by atoms with Gasteiger partial charge in [0.1, 0.15) is 0 Å². The number of carbonyl (C=O) groups excluding carboxylic acids is 2. The molecule has 1 fully saturated rings. The van der Waals surface area contributed by atoms with Crippen LogP contribution in [0.2, 0.25) is 0 Å². The van der Waals surface area contributed by atoms with E-state index in [-0.39, 0.29) is 17.8 Å². The van der Waals surface area contributed by atoms with E-state index in [1.165, 1.54) is 31.2 Å². The number of nitrogens with zero attached hydrogens (tertiary/aromatic N) is 2. The van der Waals surface area contributed by atoms with Crippen molar-refractivity contribution in [2.75, 3.05) is 38.2 Å². The predicted molar refractivity (Wildman–Crippen MR) is 98.4 cm³/mol. The van der Waals surface area contributed by atoms with Crippen LogP contribution in [-0.2, 0) is 19.1 Å². The van der Waals surface area contributed by atoms with Gasteiger partial charge in [-0.15, -0.1) is 0 Å². The molecule has 1 aromatic carbocycles. The maximum atomic E-state index is 12.1. The van der Waals surface area contributed by atoms with Gasteiger partial charge in [-0.1, -0.05) is 6.07 Å². The van der Waals surface area contributed by atoms with E-state index in [4.69, 9.17) is 9.47 Å². The summed E-state index contributed by atoms with van der Waals surface area (Å²) in [7, 11) is 0. The van der Waals surface area contributed by atoms with E-state index < -0.39 is 22.9 Å². The van der Waals surface area contributed by atoms with E-state index in [0.717, 1.165) is 39.3 Å². The number of rotatable bonds is 9. The Morgan fingerprint density at radius 3 is 2.78 bits per heavy atom. The smallest absolute Gasteiger partial charge is 0.306 e. The van der Waals surface area contributed by atoms with Gasteiger partial charge in [0.25, 0.3) is 11.6 Å². The highest BCUT2D eigenvalue weighted by Gasteiger charge is 2.19. The molecule has 1 aromatic rings. The van der Waals surface area contributed by atoms with Crippen molar-refractivity contribution in [3.05, 3.63) is 34.4 Å². The van der Waals surface area contributed by atoms with Gasteiger partial charge >= 0.3 is 5.97 Å². The molecule has 27 heavy (non-hydrogen) atoms. The van der Waals surface area contributed by atoms with Crippen LogP contribution < -0.4 is 5.32 Å². The molecule has 1 N–H and O–H groups in total. The first-order valence-corrected chi connectivity index (χ1v) is 9.00.